The van der Waals surface area contributed by atoms with Crippen LogP contribution in [0.3, 0.4) is 0 Å². The molecule has 232 valence electrons. The summed E-state index contributed by atoms with van der Waals surface area (Å²) in [5.41, 5.74) is 10.6. The Morgan fingerprint density at radius 2 is 0.633 bits per heavy atom. The zero-order chi connectivity index (χ0) is 32.8. The van der Waals surface area contributed by atoms with Crippen molar-refractivity contribution in [3.8, 4) is 11.1 Å². The largest absolute Gasteiger partial charge is 0.310 e. The van der Waals surface area contributed by atoms with Crippen LogP contribution in [-0.4, -0.2) is 0 Å². The molecule has 0 heterocycles. The summed E-state index contributed by atoms with van der Waals surface area (Å²) in [6, 6.07) is 67.0. The summed E-state index contributed by atoms with van der Waals surface area (Å²) in [6.45, 7) is 0. The Labute approximate surface area is 288 Å². The smallest absolute Gasteiger partial charge is 0.0468 e. The highest BCUT2D eigenvalue weighted by molar-refractivity contribution is 5.92. The number of benzene rings is 8. The minimum absolute atomic E-state index is 1.14. The van der Waals surface area contributed by atoms with Crippen LogP contribution in [0.25, 0.3) is 57.0 Å². The summed E-state index contributed by atoms with van der Waals surface area (Å²) >= 11 is 0. The first-order valence-corrected chi connectivity index (χ1v) is 16.7. The van der Waals surface area contributed by atoms with Crippen LogP contribution in [0.4, 0.5) is 17.1 Å². The van der Waals surface area contributed by atoms with Gasteiger partial charge in [0, 0.05) is 17.1 Å². The van der Waals surface area contributed by atoms with Crippen LogP contribution in [-0.2, 0) is 0 Å². The van der Waals surface area contributed by atoms with Crippen molar-refractivity contribution in [1.82, 2.24) is 0 Å². The molecule has 1 heteroatoms. The van der Waals surface area contributed by atoms with Gasteiger partial charge in [-0.05, 0) is 110 Å². The Hall–Kier alpha value is -6.44. The van der Waals surface area contributed by atoms with E-state index in [1.807, 2.05) is 0 Å². The van der Waals surface area contributed by atoms with Crippen molar-refractivity contribution in [2.45, 2.75) is 0 Å². The maximum atomic E-state index is 2.30. The predicted octanol–water partition coefficient (Wildman–Crippen LogP) is 13.5. The average Bonchev–Trinajstić information content (AvgIpc) is 3.17. The molecule has 0 aromatic heterocycles. The highest BCUT2D eigenvalue weighted by Crippen LogP contribution is 2.36. The Balaban J connectivity index is 0.977. The van der Waals surface area contributed by atoms with E-state index in [0.29, 0.717) is 0 Å². The molecule has 0 amide bonds. The molecule has 0 aliphatic carbocycles. The predicted molar refractivity (Wildman–Crippen MR) is 212 cm³/mol. The minimum atomic E-state index is 1.14. The summed E-state index contributed by atoms with van der Waals surface area (Å²) in [4.78, 5) is 2.30. The number of para-hydroxylation sites is 2. The lowest BCUT2D eigenvalue weighted by molar-refractivity contribution is 1.29. The van der Waals surface area contributed by atoms with Gasteiger partial charge in [-0.2, -0.15) is 0 Å². The second-order valence-electron chi connectivity index (χ2n) is 12.3. The molecule has 0 atom stereocenters. The van der Waals surface area contributed by atoms with Gasteiger partial charge in [0.1, 0.15) is 0 Å². The lowest BCUT2D eigenvalue weighted by Gasteiger charge is -2.25. The molecule has 1 nitrogen and oxygen atoms in total. The van der Waals surface area contributed by atoms with E-state index in [-0.39, 0.29) is 0 Å². The molecule has 0 N–H and O–H groups in total. The van der Waals surface area contributed by atoms with Gasteiger partial charge >= 0.3 is 0 Å². The van der Waals surface area contributed by atoms with E-state index in [1.165, 1.54) is 54.9 Å². The molecule has 0 bridgehead atoms. The minimum Gasteiger partial charge on any atom is -0.310 e. The second kappa shape index (κ2) is 13.7. The third-order valence-corrected chi connectivity index (χ3v) is 8.98. The molecule has 0 aliphatic rings. The van der Waals surface area contributed by atoms with Crippen LogP contribution in [0, 0.1) is 0 Å². The van der Waals surface area contributed by atoms with E-state index in [9.17, 15) is 0 Å². The first-order chi connectivity index (χ1) is 24.2. The number of rotatable bonds is 8. The van der Waals surface area contributed by atoms with Crippen LogP contribution in [0.15, 0.2) is 188 Å². The number of hydrogen-bond acceptors (Lipinski definition) is 1. The maximum Gasteiger partial charge on any atom is 0.0468 e. The van der Waals surface area contributed by atoms with Crippen molar-refractivity contribution in [1.29, 1.82) is 0 Å². The molecule has 8 rings (SSSR count). The Morgan fingerprint density at radius 1 is 0.265 bits per heavy atom. The van der Waals surface area contributed by atoms with Crippen LogP contribution in [0.2, 0.25) is 0 Å². The van der Waals surface area contributed by atoms with E-state index in [2.05, 4.69) is 217 Å². The normalized spacial score (nSPS) is 11.5. The van der Waals surface area contributed by atoms with Crippen molar-refractivity contribution < 1.29 is 0 Å². The summed E-state index contributed by atoms with van der Waals surface area (Å²) in [6.07, 6.45) is 8.78. The highest BCUT2D eigenvalue weighted by atomic mass is 15.1. The van der Waals surface area contributed by atoms with Gasteiger partial charge in [0.2, 0.25) is 0 Å². The quantitative estimate of drug-likeness (QED) is 0.152. The van der Waals surface area contributed by atoms with Crippen molar-refractivity contribution in [2.24, 2.45) is 0 Å². The summed E-state index contributed by atoms with van der Waals surface area (Å²) in [5.74, 6) is 0. The third kappa shape index (κ3) is 6.83. The molecule has 0 unspecified atom stereocenters. The zero-order valence-corrected chi connectivity index (χ0v) is 27.2. The number of fused-ring (bicyclic) bond motifs is 2. The molecule has 0 radical (unpaired) electrons. The van der Waals surface area contributed by atoms with Crippen molar-refractivity contribution >= 4 is 62.9 Å². The molecule has 0 fully saturated rings. The lowest BCUT2D eigenvalue weighted by atomic mass is 10.0. The third-order valence-electron chi connectivity index (χ3n) is 8.98. The molecule has 0 spiro atoms. The van der Waals surface area contributed by atoms with Crippen LogP contribution in [0.5, 0.6) is 0 Å². The Kier molecular flexibility index (Phi) is 8.39. The molecular formula is C48H35N. The molecule has 0 saturated heterocycles. The summed E-state index contributed by atoms with van der Waals surface area (Å²) in [7, 11) is 0. The Bertz CT molecular complexity index is 2370. The fraction of sp³-hybridized carbons (Fsp3) is 0. The summed E-state index contributed by atoms with van der Waals surface area (Å²) < 4.78 is 0. The fourth-order valence-electron chi connectivity index (χ4n) is 6.39. The first kappa shape index (κ1) is 29.9. The van der Waals surface area contributed by atoms with Crippen LogP contribution in [0.1, 0.15) is 22.3 Å². The van der Waals surface area contributed by atoms with Crippen molar-refractivity contribution in [2.75, 3.05) is 4.90 Å². The first-order valence-electron chi connectivity index (χ1n) is 16.7. The van der Waals surface area contributed by atoms with Crippen LogP contribution < -0.4 is 4.90 Å². The van der Waals surface area contributed by atoms with E-state index in [1.54, 1.807) is 0 Å². The number of nitrogens with zero attached hydrogens (tertiary/aromatic N) is 1. The second-order valence-corrected chi connectivity index (χ2v) is 12.3. The standard InChI is InChI=1S/C48H35N/c1-4-10-40(11-5-1)41-25-20-36(21-26-41)16-17-37-22-27-43-33-38(23-28-42(43)32-37)18-19-39-24-29-45-35-48(31-30-44(45)34-39)49(46-12-6-2-7-13-46)47-14-8-3-9-15-47/h1-35H/b17-16+,19-18+. The Morgan fingerprint density at radius 3 is 1.12 bits per heavy atom. The van der Waals surface area contributed by atoms with E-state index >= 15 is 0 Å². The number of anilines is 3. The van der Waals surface area contributed by atoms with E-state index in [4.69, 9.17) is 0 Å². The zero-order valence-electron chi connectivity index (χ0n) is 27.2. The molecule has 49 heavy (non-hydrogen) atoms. The fourth-order valence-corrected chi connectivity index (χ4v) is 6.39. The van der Waals surface area contributed by atoms with Crippen LogP contribution >= 0.6 is 0 Å². The van der Waals surface area contributed by atoms with E-state index in [0.717, 1.165) is 17.1 Å². The van der Waals surface area contributed by atoms with Gasteiger partial charge in [0.05, 0.1) is 0 Å². The van der Waals surface area contributed by atoms with Gasteiger partial charge in [0.25, 0.3) is 0 Å². The molecule has 8 aromatic carbocycles. The van der Waals surface area contributed by atoms with E-state index < -0.39 is 0 Å². The van der Waals surface area contributed by atoms with Gasteiger partial charge in [-0.1, -0.05) is 158 Å². The van der Waals surface area contributed by atoms with Crippen molar-refractivity contribution in [3.05, 3.63) is 210 Å². The molecule has 0 saturated carbocycles. The summed E-state index contributed by atoms with van der Waals surface area (Å²) in [5, 5.41) is 4.91. The number of hydrogen-bond donors (Lipinski definition) is 0. The molecule has 8 aromatic rings. The van der Waals surface area contributed by atoms with Gasteiger partial charge in [0.15, 0.2) is 0 Å². The topological polar surface area (TPSA) is 3.24 Å². The van der Waals surface area contributed by atoms with Gasteiger partial charge in [-0.15, -0.1) is 0 Å². The highest BCUT2D eigenvalue weighted by Gasteiger charge is 2.12. The maximum absolute atomic E-state index is 2.30. The SMILES string of the molecule is C(=C\c1ccc2cc(/C=C/c3ccc4cc(N(c5ccccc5)c5ccccc5)ccc4c3)ccc2c1)/c1ccc(-c2ccccc2)cc1. The lowest BCUT2D eigenvalue weighted by Crippen LogP contribution is -2.09. The average molecular weight is 626 g/mol. The molecular weight excluding hydrogens is 591 g/mol. The van der Waals surface area contributed by atoms with Gasteiger partial charge in [-0.3, -0.25) is 0 Å². The van der Waals surface area contributed by atoms with Crippen molar-refractivity contribution in [3.63, 3.8) is 0 Å². The molecule has 0 aliphatic heterocycles. The monoisotopic (exact) mass is 625 g/mol. The van der Waals surface area contributed by atoms with Gasteiger partial charge in [-0.25, -0.2) is 0 Å². The van der Waals surface area contributed by atoms with Gasteiger partial charge < -0.3 is 4.90 Å².